The smallest absolute Gasteiger partial charge is 0.335 e. The third-order valence-electron chi connectivity index (χ3n) is 2.29. The van der Waals surface area contributed by atoms with E-state index < -0.39 is 5.97 Å². The Morgan fingerprint density at radius 2 is 2.06 bits per heavy atom. The lowest BCUT2D eigenvalue weighted by atomic mass is 9.97. The Balaban J connectivity index is 2.91. The molecular weight excluding hydrogens is 216 g/mol. The number of hydrogen-bond acceptors (Lipinski definition) is 3. The quantitative estimate of drug-likeness (QED) is 0.843. The fourth-order valence-electron chi connectivity index (χ4n) is 1.34. The molecule has 0 unspecified atom stereocenters. The van der Waals surface area contributed by atoms with Gasteiger partial charge in [-0.2, -0.15) is 0 Å². The average Bonchev–Trinajstić information content (AvgIpc) is 2.25. The lowest BCUT2D eigenvalue weighted by molar-refractivity contribution is 0.0696. The van der Waals surface area contributed by atoms with E-state index in [1.807, 2.05) is 6.92 Å². The summed E-state index contributed by atoms with van der Waals surface area (Å²) < 4.78 is 0. The van der Waals surface area contributed by atoms with Gasteiger partial charge in [-0.25, -0.2) is 9.78 Å². The lowest BCUT2D eigenvalue weighted by Gasteiger charge is -2.19. The van der Waals surface area contributed by atoms with E-state index in [1.165, 1.54) is 0 Å². The summed E-state index contributed by atoms with van der Waals surface area (Å²) in [6.07, 6.45) is 0.727. The molecule has 0 fully saturated rings. The summed E-state index contributed by atoms with van der Waals surface area (Å²) in [6, 6.07) is 3.19. The number of aromatic carboxylic acids is 1. The predicted molar refractivity (Wildman–Crippen MR) is 68.5 cm³/mol. The summed E-state index contributed by atoms with van der Waals surface area (Å²) in [7, 11) is 0. The number of nitrogens with zero attached hydrogens (tertiary/aromatic N) is 1. The Kier molecular flexibility index (Phi) is 4.10. The maximum Gasteiger partial charge on any atom is 0.335 e. The lowest BCUT2D eigenvalue weighted by Crippen LogP contribution is -2.20. The topological polar surface area (TPSA) is 62.2 Å². The standard InChI is InChI=1S/C13H20N2O2/c1-5-10-6-9(12(16)17)7-11(15-10)14-8-13(2,3)4/h6-7H,5,8H2,1-4H3,(H,14,15)(H,16,17). The largest absolute Gasteiger partial charge is 0.478 e. The van der Waals surface area contributed by atoms with Crippen molar-refractivity contribution in [2.24, 2.45) is 5.41 Å². The van der Waals surface area contributed by atoms with Crippen molar-refractivity contribution in [2.45, 2.75) is 34.1 Å². The summed E-state index contributed by atoms with van der Waals surface area (Å²) in [6.45, 7) is 9.05. The monoisotopic (exact) mass is 236 g/mol. The third-order valence-corrected chi connectivity index (χ3v) is 2.29. The minimum atomic E-state index is -0.916. The Morgan fingerprint density at radius 3 is 2.53 bits per heavy atom. The molecule has 1 heterocycles. The van der Waals surface area contributed by atoms with Crippen LogP contribution in [0.15, 0.2) is 12.1 Å². The van der Waals surface area contributed by atoms with Gasteiger partial charge in [-0.1, -0.05) is 27.7 Å². The van der Waals surface area contributed by atoms with Crippen LogP contribution in [0.2, 0.25) is 0 Å². The van der Waals surface area contributed by atoms with E-state index >= 15 is 0 Å². The zero-order valence-corrected chi connectivity index (χ0v) is 10.9. The van der Waals surface area contributed by atoms with Crippen molar-refractivity contribution >= 4 is 11.8 Å². The fourth-order valence-corrected chi connectivity index (χ4v) is 1.34. The molecule has 2 N–H and O–H groups in total. The molecular formula is C13H20N2O2. The highest BCUT2D eigenvalue weighted by atomic mass is 16.4. The molecule has 94 valence electrons. The van der Waals surface area contributed by atoms with E-state index in [1.54, 1.807) is 12.1 Å². The van der Waals surface area contributed by atoms with Crippen LogP contribution in [0.3, 0.4) is 0 Å². The first-order chi connectivity index (χ1) is 7.81. The van der Waals surface area contributed by atoms with Gasteiger partial charge >= 0.3 is 5.97 Å². The van der Waals surface area contributed by atoms with Crippen LogP contribution in [0, 0.1) is 5.41 Å². The van der Waals surface area contributed by atoms with Gasteiger partial charge in [0, 0.05) is 12.2 Å². The van der Waals surface area contributed by atoms with Crippen molar-refractivity contribution in [3.05, 3.63) is 23.4 Å². The van der Waals surface area contributed by atoms with Crippen molar-refractivity contribution in [3.8, 4) is 0 Å². The molecule has 0 bridgehead atoms. The van der Waals surface area contributed by atoms with Crippen LogP contribution in [-0.2, 0) is 6.42 Å². The van der Waals surface area contributed by atoms with Crippen molar-refractivity contribution in [1.82, 2.24) is 4.98 Å². The van der Waals surface area contributed by atoms with Gasteiger partial charge in [0.2, 0.25) is 0 Å². The van der Waals surface area contributed by atoms with Gasteiger partial charge in [-0.05, 0) is 24.0 Å². The second-order valence-corrected chi connectivity index (χ2v) is 5.31. The molecule has 0 atom stereocenters. The minimum absolute atomic E-state index is 0.132. The summed E-state index contributed by atoms with van der Waals surface area (Å²) in [5.74, 6) is -0.280. The first kappa shape index (κ1) is 13.5. The van der Waals surface area contributed by atoms with Crippen LogP contribution in [0.4, 0.5) is 5.82 Å². The molecule has 0 aliphatic heterocycles. The fraction of sp³-hybridized carbons (Fsp3) is 0.538. The Labute approximate surface area is 102 Å². The molecule has 0 aliphatic rings. The van der Waals surface area contributed by atoms with Crippen LogP contribution in [0.25, 0.3) is 0 Å². The second kappa shape index (κ2) is 5.17. The molecule has 0 saturated carbocycles. The number of rotatable bonds is 4. The van der Waals surface area contributed by atoms with Gasteiger partial charge in [0.05, 0.1) is 5.56 Å². The molecule has 0 aliphatic carbocycles. The van der Waals surface area contributed by atoms with E-state index in [0.717, 1.165) is 18.7 Å². The zero-order chi connectivity index (χ0) is 13.1. The molecule has 0 aromatic carbocycles. The SMILES string of the molecule is CCc1cc(C(=O)O)cc(NCC(C)(C)C)n1. The number of pyridine rings is 1. The molecule has 0 spiro atoms. The highest BCUT2D eigenvalue weighted by Gasteiger charge is 2.12. The van der Waals surface area contributed by atoms with Crippen molar-refractivity contribution in [3.63, 3.8) is 0 Å². The maximum absolute atomic E-state index is 11.0. The number of hydrogen-bond donors (Lipinski definition) is 2. The molecule has 0 radical (unpaired) electrons. The molecule has 17 heavy (non-hydrogen) atoms. The van der Waals surface area contributed by atoms with E-state index in [9.17, 15) is 4.79 Å². The predicted octanol–water partition coefficient (Wildman–Crippen LogP) is 2.80. The summed E-state index contributed by atoms with van der Waals surface area (Å²) >= 11 is 0. The molecule has 4 nitrogen and oxygen atoms in total. The number of aromatic nitrogens is 1. The summed E-state index contributed by atoms with van der Waals surface area (Å²) in [4.78, 5) is 15.3. The Bertz CT molecular complexity index is 408. The average molecular weight is 236 g/mol. The van der Waals surface area contributed by atoms with Gasteiger partial charge in [0.25, 0.3) is 0 Å². The molecule has 1 aromatic rings. The van der Waals surface area contributed by atoms with Crippen molar-refractivity contribution < 1.29 is 9.90 Å². The molecule has 1 aromatic heterocycles. The number of anilines is 1. The maximum atomic E-state index is 11.0. The minimum Gasteiger partial charge on any atom is -0.478 e. The van der Waals surface area contributed by atoms with E-state index in [4.69, 9.17) is 5.11 Å². The van der Waals surface area contributed by atoms with Gasteiger partial charge < -0.3 is 10.4 Å². The third kappa shape index (κ3) is 4.43. The van der Waals surface area contributed by atoms with Crippen LogP contribution in [0.5, 0.6) is 0 Å². The number of carboxylic acid groups (broad SMARTS) is 1. The van der Waals surface area contributed by atoms with Gasteiger partial charge in [0.15, 0.2) is 0 Å². The summed E-state index contributed by atoms with van der Waals surface area (Å²) in [5.41, 5.74) is 1.21. The molecule has 1 rings (SSSR count). The van der Waals surface area contributed by atoms with Gasteiger partial charge in [-0.3, -0.25) is 0 Å². The van der Waals surface area contributed by atoms with E-state index in [2.05, 4.69) is 31.1 Å². The number of carbonyl (C=O) groups is 1. The van der Waals surface area contributed by atoms with E-state index in [0.29, 0.717) is 5.82 Å². The molecule has 0 amide bonds. The van der Waals surface area contributed by atoms with Crippen LogP contribution in [0.1, 0.15) is 43.7 Å². The Morgan fingerprint density at radius 1 is 1.41 bits per heavy atom. The number of nitrogens with one attached hydrogen (secondary N) is 1. The van der Waals surface area contributed by atoms with Gasteiger partial charge in [0.1, 0.15) is 5.82 Å². The highest BCUT2D eigenvalue weighted by Crippen LogP contribution is 2.16. The molecule has 4 heteroatoms. The van der Waals surface area contributed by atoms with Crippen LogP contribution >= 0.6 is 0 Å². The number of carboxylic acids is 1. The first-order valence-electron chi connectivity index (χ1n) is 5.80. The van der Waals surface area contributed by atoms with Crippen molar-refractivity contribution in [1.29, 1.82) is 0 Å². The first-order valence-corrected chi connectivity index (χ1v) is 5.80. The second-order valence-electron chi connectivity index (χ2n) is 5.31. The number of aryl methyl sites for hydroxylation is 1. The van der Waals surface area contributed by atoms with Crippen LogP contribution in [-0.4, -0.2) is 22.6 Å². The molecule has 0 saturated heterocycles. The zero-order valence-electron chi connectivity index (χ0n) is 10.9. The Hall–Kier alpha value is -1.58. The van der Waals surface area contributed by atoms with Gasteiger partial charge in [-0.15, -0.1) is 0 Å². The van der Waals surface area contributed by atoms with Crippen LogP contribution < -0.4 is 5.32 Å². The normalized spacial score (nSPS) is 11.3. The van der Waals surface area contributed by atoms with Crippen molar-refractivity contribution in [2.75, 3.05) is 11.9 Å². The van der Waals surface area contributed by atoms with E-state index in [-0.39, 0.29) is 11.0 Å². The highest BCUT2D eigenvalue weighted by molar-refractivity contribution is 5.88. The summed E-state index contributed by atoms with van der Waals surface area (Å²) in [5, 5.41) is 12.2.